The number of ether oxygens (including phenoxy) is 4. The number of likely N-dealkylation sites (tertiary alicyclic amines) is 1. The normalized spacial score (nSPS) is 17.7. The zero-order valence-corrected chi connectivity index (χ0v) is 16.9. The Balaban J connectivity index is 1.45. The molecule has 1 fully saturated rings. The standard InChI is InChI=1S/C23H24N2O5/c1-27-21-12-16(14-24)5-7-19(21)30-15-23(26)25-9-2-4-18(25)17-6-8-20-22(13-17)29-11-3-10-28-20/h5-8,12-13,18H,2-4,9-11,15H2,1H3. The first-order valence-corrected chi connectivity index (χ1v) is 10.1. The lowest BCUT2D eigenvalue weighted by Crippen LogP contribution is -2.34. The lowest BCUT2D eigenvalue weighted by Gasteiger charge is -2.26. The Morgan fingerprint density at radius 3 is 2.77 bits per heavy atom. The number of hydrogen-bond acceptors (Lipinski definition) is 6. The highest BCUT2D eigenvalue weighted by Gasteiger charge is 2.31. The van der Waals surface area contributed by atoms with E-state index in [4.69, 9.17) is 24.2 Å². The Morgan fingerprint density at radius 2 is 1.97 bits per heavy atom. The first kappa shape index (κ1) is 19.9. The van der Waals surface area contributed by atoms with Crippen molar-refractivity contribution >= 4 is 5.91 Å². The van der Waals surface area contributed by atoms with Crippen molar-refractivity contribution in [3.05, 3.63) is 47.5 Å². The van der Waals surface area contributed by atoms with Gasteiger partial charge in [0, 0.05) is 19.0 Å². The van der Waals surface area contributed by atoms with Crippen LogP contribution in [0.2, 0.25) is 0 Å². The number of fused-ring (bicyclic) bond motifs is 1. The van der Waals surface area contributed by atoms with Crippen LogP contribution >= 0.6 is 0 Å². The second-order valence-corrected chi connectivity index (χ2v) is 7.27. The number of carbonyl (C=O) groups is 1. The van der Waals surface area contributed by atoms with Crippen LogP contribution in [0.5, 0.6) is 23.0 Å². The van der Waals surface area contributed by atoms with Gasteiger partial charge in [0.1, 0.15) is 0 Å². The number of carbonyl (C=O) groups excluding carboxylic acids is 1. The third-order valence-electron chi connectivity index (χ3n) is 5.37. The molecule has 0 spiro atoms. The lowest BCUT2D eigenvalue weighted by molar-refractivity contribution is -0.134. The Labute approximate surface area is 175 Å². The molecule has 0 N–H and O–H groups in total. The van der Waals surface area contributed by atoms with Gasteiger partial charge in [-0.15, -0.1) is 0 Å². The maximum Gasteiger partial charge on any atom is 0.261 e. The summed E-state index contributed by atoms with van der Waals surface area (Å²) in [5.41, 5.74) is 1.51. The number of hydrogen-bond donors (Lipinski definition) is 0. The predicted octanol–water partition coefficient (Wildman–Crippen LogP) is 3.47. The summed E-state index contributed by atoms with van der Waals surface area (Å²) in [7, 11) is 1.51. The highest BCUT2D eigenvalue weighted by molar-refractivity contribution is 5.78. The molecule has 0 radical (unpaired) electrons. The zero-order chi connectivity index (χ0) is 20.9. The molecule has 2 aromatic carbocycles. The molecule has 2 heterocycles. The van der Waals surface area contributed by atoms with E-state index in [-0.39, 0.29) is 18.6 Å². The van der Waals surface area contributed by atoms with Gasteiger partial charge in [0.2, 0.25) is 0 Å². The van der Waals surface area contributed by atoms with Gasteiger partial charge in [0.25, 0.3) is 5.91 Å². The average molecular weight is 408 g/mol. The number of methoxy groups -OCH3 is 1. The third kappa shape index (κ3) is 4.13. The molecule has 7 nitrogen and oxygen atoms in total. The SMILES string of the molecule is COc1cc(C#N)ccc1OCC(=O)N1CCCC1c1ccc2c(c1)OCCCO2. The van der Waals surface area contributed by atoms with Crippen molar-refractivity contribution in [2.24, 2.45) is 0 Å². The van der Waals surface area contributed by atoms with Crippen molar-refractivity contribution in [3.8, 4) is 29.1 Å². The molecule has 0 aliphatic carbocycles. The van der Waals surface area contributed by atoms with Gasteiger partial charge in [-0.1, -0.05) is 6.07 Å². The van der Waals surface area contributed by atoms with Gasteiger partial charge in [-0.25, -0.2) is 0 Å². The van der Waals surface area contributed by atoms with Crippen LogP contribution in [0.4, 0.5) is 0 Å². The third-order valence-corrected chi connectivity index (χ3v) is 5.37. The molecule has 7 heteroatoms. The summed E-state index contributed by atoms with van der Waals surface area (Å²) in [6.45, 7) is 1.87. The summed E-state index contributed by atoms with van der Waals surface area (Å²) in [4.78, 5) is 14.8. The maximum absolute atomic E-state index is 12.9. The first-order chi connectivity index (χ1) is 14.7. The van der Waals surface area contributed by atoms with Crippen LogP contribution in [0.15, 0.2) is 36.4 Å². The zero-order valence-electron chi connectivity index (χ0n) is 16.9. The molecule has 0 bridgehead atoms. The first-order valence-electron chi connectivity index (χ1n) is 10.1. The van der Waals surface area contributed by atoms with Crippen molar-refractivity contribution in [3.63, 3.8) is 0 Å². The summed E-state index contributed by atoms with van der Waals surface area (Å²) in [6.07, 6.45) is 2.69. The Bertz CT molecular complexity index is 969. The number of benzene rings is 2. The van der Waals surface area contributed by atoms with Crippen molar-refractivity contribution in [1.29, 1.82) is 5.26 Å². The van der Waals surface area contributed by atoms with E-state index in [0.29, 0.717) is 36.8 Å². The van der Waals surface area contributed by atoms with E-state index in [9.17, 15) is 4.79 Å². The molecule has 156 valence electrons. The molecular formula is C23H24N2O5. The average Bonchev–Trinajstić information content (AvgIpc) is 3.16. The quantitative estimate of drug-likeness (QED) is 0.754. The Hall–Kier alpha value is -3.40. The minimum atomic E-state index is -0.0939. The predicted molar refractivity (Wildman–Crippen MR) is 109 cm³/mol. The van der Waals surface area contributed by atoms with Gasteiger partial charge in [-0.05, 0) is 42.7 Å². The maximum atomic E-state index is 12.9. The molecule has 1 amide bonds. The van der Waals surface area contributed by atoms with E-state index in [1.54, 1.807) is 18.2 Å². The summed E-state index contributed by atoms with van der Waals surface area (Å²) >= 11 is 0. The lowest BCUT2D eigenvalue weighted by atomic mass is 10.0. The van der Waals surface area contributed by atoms with Gasteiger partial charge in [-0.3, -0.25) is 4.79 Å². The second-order valence-electron chi connectivity index (χ2n) is 7.27. The van der Waals surface area contributed by atoms with Gasteiger partial charge in [-0.2, -0.15) is 5.26 Å². The molecule has 0 aromatic heterocycles. The summed E-state index contributed by atoms with van der Waals surface area (Å²) in [5.74, 6) is 2.28. The van der Waals surface area contributed by atoms with E-state index in [2.05, 4.69) is 6.07 Å². The number of rotatable bonds is 5. The van der Waals surface area contributed by atoms with Crippen LogP contribution in [-0.2, 0) is 4.79 Å². The molecule has 0 saturated carbocycles. The topological polar surface area (TPSA) is 81.0 Å². The fraction of sp³-hybridized carbons (Fsp3) is 0.391. The molecule has 2 aromatic rings. The van der Waals surface area contributed by atoms with Gasteiger partial charge >= 0.3 is 0 Å². The van der Waals surface area contributed by atoms with Crippen LogP contribution in [0.25, 0.3) is 0 Å². The van der Waals surface area contributed by atoms with E-state index in [1.807, 2.05) is 23.1 Å². The van der Waals surface area contributed by atoms with Crippen molar-refractivity contribution in [2.75, 3.05) is 33.5 Å². The molecule has 1 unspecified atom stereocenters. The van der Waals surface area contributed by atoms with Crippen LogP contribution in [0.1, 0.15) is 36.4 Å². The second kappa shape index (κ2) is 8.95. The smallest absolute Gasteiger partial charge is 0.261 e. The molecule has 1 atom stereocenters. The number of nitrogens with zero attached hydrogens (tertiary/aromatic N) is 2. The summed E-state index contributed by atoms with van der Waals surface area (Å²) < 4.78 is 22.5. The van der Waals surface area contributed by atoms with E-state index in [1.165, 1.54) is 7.11 Å². The van der Waals surface area contributed by atoms with E-state index < -0.39 is 0 Å². The van der Waals surface area contributed by atoms with Gasteiger partial charge < -0.3 is 23.8 Å². The monoisotopic (exact) mass is 408 g/mol. The van der Waals surface area contributed by atoms with Crippen LogP contribution < -0.4 is 18.9 Å². The fourth-order valence-electron chi connectivity index (χ4n) is 3.88. The molecule has 4 rings (SSSR count). The Morgan fingerprint density at radius 1 is 1.13 bits per heavy atom. The van der Waals surface area contributed by atoms with Crippen molar-refractivity contribution < 1.29 is 23.7 Å². The highest BCUT2D eigenvalue weighted by atomic mass is 16.5. The number of amides is 1. The molecule has 1 saturated heterocycles. The van der Waals surface area contributed by atoms with Gasteiger partial charge in [0.15, 0.2) is 29.6 Å². The molecular weight excluding hydrogens is 384 g/mol. The van der Waals surface area contributed by atoms with Gasteiger partial charge in [0.05, 0.1) is 38.0 Å². The largest absolute Gasteiger partial charge is 0.493 e. The van der Waals surface area contributed by atoms with E-state index >= 15 is 0 Å². The van der Waals surface area contributed by atoms with E-state index in [0.717, 1.165) is 36.3 Å². The highest BCUT2D eigenvalue weighted by Crippen LogP contribution is 2.38. The molecule has 2 aliphatic heterocycles. The minimum Gasteiger partial charge on any atom is -0.493 e. The van der Waals surface area contributed by atoms with Crippen LogP contribution in [-0.4, -0.2) is 44.3 Å². The molecule has 2 aliphatic rings. The number of nitriles is 1. The van der Waals surface area contributed by atoms with Crippen LogP contribution in [0, 0.1) is 11.3 Å². The minimum absolute atomic E-state index is 0.0129. The summed E-state index contributed by atoms with van der Waals surface area (Å²) in [6, 6.07) is 12.8. The summed E-state index contributed by atoms with van der Waals surface area (Å²) in [5, 5.41) is 9.01. The Kier molecular flexibility index (Phi) is 5.94. The van der Waals surface area contributed by atoms with Crippen LogP contribution in [0.3, 0.4) is 0 Å². The molecule has 30 heavy (non-hydrogen) atoms. The van der Waals surface area contributed by atoms with Crippen molar-refractivity contribution in [1.82, 2.24) is 4.90 Å². The fourth-order valence-corrected chi connectivity index (χ4v) is 3.88. The van der Waals surface area contributed by atoms with Crippen molar-refractivity contribution in [2.45, 2.75) is 25.3 Å².